The third-order valence-corrected chi connectivity index (χ3v) is 10.5. The number of likely N-dealkylation sites (tertiary alicyclic amines) is 1. The Hall–Kier alpha value is -4.58. The summed E-state index contributed by atoms with van der Waals surface area (Å²) in [7, 11) is 0. The lowest BCUT2D eigenvalue weighted by atomic mass is 9.98. The molecule has 2 amide bonds. The number of hydrogen-bond acceptors (Lipinski definition) is 8. The van der Waals surface area contributed by atoms with Gasteiger partial charge in [-0.2, -0.15) is 0 Å². The van der Waals surface area contributed by atoms with E-state index in [4.69, 9.17) is 15.2 Å². The van der Waals surface area contributed by atoms with E-state index < -0.39 is 6.29 Å². The van der Waals surface area contributed by atoms with E-state index in [0.29, 0.717) is 37.2 Å². The van der Waals surface area contributed by atoms with Gasteiger partial charge in [0.05, 0.1) is 36.8 Å². The summed E-state index contributed by atoms with van der Waals surface area (Å²) >= 11 is 0. The zero-order chi connectivity index (χ0) is 37.7. The molecule has 0 saturated carbocycles. The molecule has 0 aromatic heterocycles. The fourth-order valence-corrected chi connectivity index (χ4v) is 7.40. The number of rotatable bonds is 17. The average Bonchev–Trinajstić information content (AvgIpc) is 3.66. The summed E-state index contributed by atoms with van der Waals surface area (Å²) in [5.74, 6) is -0.0368. The van der Waals surface area contributed by atoms with E-state index >= 15 is 0 Å². The number of nitrogen functional groups attached to an aromatic ring is 1. The molecule has 286 valence electrons. The standard InChI is InChI=1S/C44H54N4O6/c45-39-15-5-6-16-40(39)47-43(52)18-4-2-1-3-17-42(51)46-27-32-10-7-11-34(24-32)35-12-8-13-36(25-35)44-53-38(28-48-23-9-14-37(48)30-50)26-41(54-44)33-21-19-31(29-49)20-22-33/h5-8,10-13,15-16,19-22,24-25,37-38,41,44,49-50H,1-4,9,14,17-18,23,26-30,45H2,(H,46,51)(H,47,52)/t37-,38-,41+,44+/m0/s1. The minimum Gasteiger partial charge on any atom is -0.397 e. The van der Waals surface area contributed by atoms with Crippen LogP contribution in [-0.4, -0.2) is 58.8 Å². The number of carbonyl (C=O) groups excluding carboxylic acids is 2. The molecule has 0 aliphatic carbocycles. The van der Waals surface area contributed by atoms with E-state index in [1.807, 2.05) is 60.7 Å². The minimum atomic E-state index is -0.574. The molecule has 6 rings (SSSR count). The van der Waals surface area contributed by atoms with E-state index in [1.165, 1.54) is 0 Å². The maximum absolute atomic E-state index is 12.7. The second kappa shape index (κ2) is 19.7. The number of ether oxygens (including phenoxy) is 2. The molecule has 2 heterocycles. The van der Waals surface area contributed by atoms with Gasteiger partial charge in [-0.25, -0.2) is 0 Å². The number of nitrogens with one attached hydrogen (secondary N) is 2. The predicted molar refractivity (Wildman–Crippen MR) is 211 cm³/mol. The van der Waals surface area contributed by atoms with Gasteiger partial charge < -0.3 is 36.1 Å². The summed E-state index contributed by atoms with van der Waals surface area (Å²) in [6.45, 7) is 2.27. The van der Waals surface area contributed by atoms with E-state index in [9.17, 15) is 19.8 Å². The number of aliphatic hydroxyl groups is 2. The topological polar surface area (TPSA) is 146 Å². The molecule has 4 aromatic rings. The summed E-state index contributed by atoms with van der Waals surface area (Å²) in [6, 6.07) is 31.8. The first-order chi connectivity index (χ1) is 26.4. The minimum absolute atomic E-state index is 0.00497. The van der Waals surface area contributed by atoms with E-state index in [-0.39, 0.29) is 43.3 Å². The molecule has 2 fully saturated rings. The van der Waals surface area contributed by atoms with Crippen molar-refractivity contribution in [1.82, 2.24) is 10.2 Å². The SMILES string of the molecule is Nc1ccccc1NC(=O)CCCCCCC(=O)NCc1cccc(-c2cccc([C@@H]3O[C@H](CN4CCC[C@H]4CO)C[C@H](c4ccc(CO)cc4)O3)c2)c1. The van der Waals surface area contributed by atoms with Crippen LogP contribution in [0.15, 0.2) is 97.1 Å². The van der Waals surface area contributed by atoms with Gasteiger partial charge in [0.1, 0.15) is 0 Å². The van der Waals surface area contributed by atoms with Crippen molar-refractivity contribution < 1.29 is 29.3 Å². The Morgan fingerprint density at radius 3 is 2.28 bits per heavy atom. The van der Waals surface area contributed by atoms with Crippen molar-refractivity contribution in [2.45, 2.75) is 95.5 Å². The number of hydrogen-bond donors (Lipinski definition) is 5. The molecular formula is C44H54N4O6. The Bertz CT molecular complexity index is 1820. The highest BCUT2D eigenvalue weighted by Crippen LogP contribution is 2.39. The van der Waals surface area contributed by atoms with Gasteiger partial charge in [-0.05, 0) is 84.3 Å². The van der Waals surface area contributed by atoms with Gasteiger partial charge in [0.15, 0.2) is 6.29 Å². The number of anilines is 2. The fraction of sp³-hybridized carbons (Fsp3) is 0.409. The van der Waals surface area contributed by atoms with Crippen LogP contribution in [0.25, 0.3) is 11.1 Å². The van der Waals surface area contributed by atoms with Gasteiger partial charge in [-0.1, -0.05) is 85.6 Å². The Morgan fingerprint density at radius 1 is 0.778 bits per heavy atom. The molecule has 10 nitrogen and oxygen atoms in total. The highest BCUT2D eigenvalue weighted by molar-refractivity contribution is 5.93. The Morgan fingerprint density at radius 2 is 1.52 bits per heavy atom. The van der Waals surface area contributed by atoms with Crippen molar-refractivity contribution in [3.8, 4) is 11.1 Å². The Labute approximate surface area is 318 Å². The first-order valence-electron chi connectivity index (χ1n) is 19.3. The van der Waals surface area contributed by atoms with Crippen molar-refractivity contribution in [3.05, 3.63) is 119 Å². The largest absolute Gasteiger partial charge is 0.397 e. The number of amides is 2. The lowest BCUT2D eigenvalue weighted by Gasteiger charge is -2.38. The highest BCUT2D eigenvalue weighted by Gasteiger charge is 2.35. The number of nitrogens with two attached hydrogens (primary N) is 1. The number of nitrogens with zero attached hydrogens (tertiary/aromatic N) is 1. The average molecular weight is 735 g/mol. The molecule has 0 radical (unpaired) electrons. The maximum Gasteiger partial charge on any atom is 0.224 e. The normalized spacial score (nSPS) is 20.1. The summed E-state index contributed by atoms with van der Waals surface area (Å²) in [6.07, 6.45) is 6.09. The molecule has 0 spiro atoms. The van der Waals surface area contributed by atoms with E-state index in [1.54, 1.807) is 12.1 Å². The molecule has 2 aliphatic heterocycles. The zero-order valence-electron chi connectivity index (χ0n) is 31.0. The number of benzene rings is 4. The van der Waals surface area contributed by atoms with E-state index in [0.717, 1.165) is 85.0 Å². The van der Waals surface area contributed by atoms with Gasteiger partial charge in [0.25, 0.3) is 0 Å². The van der Waals surface area contributed by atoms with Crippen LogP contribution in [0.5, 0.6) is 0 Å². The quantitative estimate of drug-likeness (QED) is 0.0575. The monoisotopic (exact) mass is 734 g/mol. The zero-order valence-corrected chi connectivity index (χ0v) is 31.0. The molecule has 54 heavy (non-hydrogen) atoms. The summed E-state index contributed by atoms with van der Waals surface area (Å²) in [4.78, 5) is 27.2. The maximum atomic E-state index is 12.7. The third-order valence-electron chi connectivity index (χ3n) is 10.5. The molecule has 6 N–H and O–H groups in total. The van der Waals surface area contributed by atoms with E-state index in [2.05, 4.69) is 39.8 Å². The third kappa shape index (κ3) is 11.0. The number of para-hydroxylation sites is 2. The van der Waals surface area contributed by atoms with Crippen LogP contribution < -0.4 is 16.4 Å². The van der Waals surface area contributed by atoms with Crippen molar-refractivity contribution in [3.63, 3.8) is 0 Å². The second-order valence-corrected chi connectivity index (χ2v) is 14.5. The van der Waals surface area contributed by atoms with Crippen molar-refractivity contribution in [1.29, 1.82) is 0 Å². The molecule has 10 heteroatoms. The highest BCUT2D eigenvalue weighted by atomic mass is 16.7. The predicted octanol–water partition coefficient (Wildman–Crippen LogP) is 7.03. The molecule has 4 aromatic carbocycles. The number of aliphatic hydroxyl groups excluding tert-OH is 2. The van der Waals surface area contributed by atoms with Crippen LogP contribution >= 0.6 is 0 Å². The van der Waals surface area contributed by atoms with Gasteiger partial charge >= 0.3 is 0 Å². The van der Waals surface area contributed by atoms with Crippen LogP contribution in [0, 0.1) is 0 Å². The molecule has 0 unspecified atom stereocenters. The van der Waals surface area contributed by atoms with Crippen molar-refractivity contribution in [2.75, 3.05) is 30.7 Å². The molecule has 0 bridgehead atoms. The van der Waals surface area contributed by atoms with Crippen LogP contribution in [-0.2, 0) is 32.2 Å². The lowest BCUT2D eigenvalue weighted by molar-refractivity contribution is -0.253. The van der Waals surface area contributed by atoms with Crippen molar-refractivity contribution >= 4 is 23.2 Å². The number of unbranched alkanes of at least 4 members (excludes halogenated alkanes) is 3. The smallest absolute Gasteiger partial charge is 0.224 e. The second-order valence-electron chi connectivity index (χ2n) is 14.5. The van der Waals surface area contributed by atoms with Crippen molar-refractivity contribution in [2.24, 2.45) is 0 Å². The van der Waals surface area contributed by atoms with Crippen LogP contribution in [0.4, 0.5) is 11.4 Å². The first kappa shape index (κ1) is 39.1. The van der Waals surface area contributed by atoms with Crippen LogP contribution in [0.1, 0.15) is 92.4 Å². The molecule has 4 atom stereocenters. The first-order valence-corrected chi connectivity index (χ1v) is 19.3. The molecule has 2 saturated heterocycles. The summed E-state index contributed by atoms with van der Waals surface area (Å²) in [5, 5.41) is 25.4. The molecule has 2 aliphatic rings. The van der Waals surface area contributed by atoms with Gasteiger partial charge in [0.2, 0.25) is 11.8 Å². The molecular weight excluding hydrogens is 681 g/mol. The Kier molecular flexibility index (Phi) is 14.2. The van der Waals surface area contributed by atoms with Gasteiger partial charge in [-0.3, -0.25) is 14.5 Å². The number of carbonyl (C=O) groups is 2. The lowest BCUT2D eigenvalue weighted by Crippen LogP contribution is -2.42. The summed E-state index contributed by atoms with van der Waals surface area (Å²) in [5.41, 5.74) is 13.0. The van der Waals surface area contributed by atoms with Crippen LogP contribution in [0.3, 0.4) is 0 Å². The van der Waals surface area contributed by atoms with Gasteiger partial charge in [-0.15, -0.1) is 0 Å². The fourth-order valence-electron chi connectivity index (χ4n) is 7.40. The summed E-state index contributed by atoms with van der Waals surface area (Å²) < 4.78 is 13.3. The van der Waals surface area contributed by atoms with Gasteiger partial charge in [0, 0.05) is 44.0 Å². The van der Waals surface area contributed by atoms with Crippen LogP contribution in [0.2, 0.25) is 0 Å². The Balaban J connectivity index is 1.01.